The molecular formula is C15H16N2O4. The van der Waals surface area contributed by atoms with E-state index in [1.54, 1.807) is 26.4 Å². The number of methoxy groups -OCH3 is 2. The van der Waals surface area contributed by atoms with Crippen LogP contribution in [0.1, 0.15) is 5.56 Å². The molecule has 0 heterocycles. The zero-order valence-electron chi connectivity index (χ0n) is 11.8. The highest BCUT2D eigenvalue weighted by Crippen LogP contribution is 2.27. The van der Waals surface area contributed by atoms with Gasteiger partial charge in [0.25, 0.3) is 5.69 Å². The molecule has 0 saturated heterocycles. The fourth-order valence-corrected chi connectivity index (χ4v) is 1.90. The third-order valence-electron chi connectivity index (χ3n) is 3.02. The van der Waals surface area contributed by atoms with Gasteiger partial charge in [0.15, 0.2) is 11.5 Å². The van der Waals surface area contributed by atoms with Gasteiger partial charge in [-0.15, -0.1) is 0 Å². The van der Waals surface area contributed by atoms with Gasteiger partial charge >= 0.3 is 0 Å². The Morgan fingerprint density at radius 1 is 1.05 bits per heavy atom. The predicted octanol–water partition coefficient (Wildman–Crippen LogP) is 3.22. The minimum absolute atomic E-state index is 0.0756. The Kier molecular flexibility index (Phi) is 4.61. The minimum atomic E-state index is -0.419. The molecule has 0 bridgehead atoms. The molecule has 0 atom stereocenters. The van der Waals surface area contributed by atoms with Crippen molar-refractivity contribution in [3.8, 4) is 11.5 Å². The third kappa shape index (κ3) is 3.62. The smallest absolute Gasteiger partial charge is 0.269 e. The Morgan fingerprint density at radius 2 is 1.71 bits per heavy atom. The molecule has 6 heteroatoms. The molecule has 2 aromatic rings. The highest BCUT2D eigenvalue weighted by atomic mass is 16.6. The van der Waals surface area contributed by atoms with Crippen LogP contribution in [0.5, 0.6) is 11.5 Å². The van der Waals surface area contributed by atoms with Crippen molar-refractivity contribution >= 4 is 11.4 Å². The molecule has 0 amide bonds. The van der Waals surface area contributed by atoms with Gasteiger partial charge in [0.05, 0.1) is 19.1 Å². The van der Waals surface area contributed by atoms with Crippen LogP contribution < -0.4 is 14.8 Å². The summed E-state index contributed by atoms with van der Waals surface area (Å²) in [6.07, 6.45) is 0. The zero-order valence-corrected chi connectivity index (χ0v) is 11.8. The molecule has 2 aromatic carbocycles. The Labute approximate surface area is 122 Å². The van der Waals surface area contributed by atoms with Gasteiger partial charge in [-0.3, -0.25) is 10.1 Å². The molecule has 6 nitrogen and oxygen atoms in total. The Bertz CT molecular complexity index is 626. The van der Waals surface area contributed by atoms with Gasteiger partial charge in [-0.2, -0.15) is 0 Å². The number of non-ortho nitro benzene ring substituents is 1. The van der Waals surface area contributed by atoms with Crippen LogP contribution in [0.25, 0.3) is 0 Å². The van der Waals surface area contributed by atoms with Crippen molar-refractivity contribution in [2.45, 2.75) is 6.54 Å². The number of hydrogen-bond acceptors (Lipinski definition) is 5. The van der Waals surface area contributed by atoms with Crippen molar-refractivity contribution in [2.75, 3.05) is 19.5 Å². The third-order valence-corrected chi connectivity index (χ3v) is 3.02. The minimum Gasteiger partial charge on any atom is -0.493 e. The summed E-state index contributed by atoms with van der Waals surface area (Å²) in [7, 11) is 3.18. The van der Waals surface area contributed by atoms with E-state index in [1.807, 2.05) is 18.2 Å². The molecule has 110 valence electrons. The lowest BCUT2D eigenvalue weighted by Gasteiger charge is -2.11. The topological polar surface area (TPSA) is 73.6 Å². The van der Waals surface area contributed by atoms with Crippen LogP contribution in [0.4, 0.5) is 11.4 Å². The van der Waals surface area contributed by atoms with Gasteiger partial charge in [0.2, 0.25) is 0 Å². The summed E-state index contributed by atoms with van der Waals surface area (Å²) < 4.78 is 10.4. The Morgan fingerprint density at radius 3 is 2.29 bits per heavy atom. The first-order chi connectivity index (χ1) is 10.1. The summed E-state index contributed by atoms with van der Waals surface area (Å²) >= 11 is 0. The number of nitrogens with one attached hydrogen (secondary N) is 1. The van der Waals surface area contributed by atoms with Crippen molar-refractivity contribution in [3.63, 3.8) is 0 Å². The van der Waals surface area contributed by atoms with Crippen molar-refractivity contribution < 1.29 is 14.4 Å². The number of benzene rings is 2. The highest BCUT2D eigenvalue weighted by molar-refractivity contribution is 5.50. The van der Waals surface area contributed by atoms with Crippen LogP contribution in [0.3, 0.4) is 0 Å². The van der Waals surface area contributed by atoms with Gasteiger partial charge in [-0.25, -0.2) is 0 Å². The first-order valence-electron chi connectivity index (χ1n) is 6.33. The lowest BCUT2D eigenvalue weighted by Crippen LogP contribution is -2.00. The predicted molar refractivity (Wildman–Crippen MR) is 80.0 cm³/mol. The van der Waals surface area contributed by atoms with Gasteiger partial charge in [-0.1, -0.05) is 6.07 Å². The van der Waals surface area contributed by atoms with Crippen LogP contribution in [0.15, 0.2) is 42.5 Å². The van der Waals surface area contributed by atoms with E-state index >= 15 is 0 Å². The standard InChI is InChI=1S/C15H16N2O4/c1-20-14-8-3-11(9-15(14)21-2)10-16-12-4-6-13(7-5-12)17(18)19/h3-9,16H,10H2,1-2H3. The summed E-state index contributed by atoms with van der Waals surface area (Å²) in [5.74, 6) is 1.34. The zero-order chi connectivity index (χ0) is 15.2. The number of nitrogens with zero attached hydrogens (tertiary/aromatic N) is 1. The fourth-order valence-electron chi connectivity index (χ4n) is 1.90. The number of nitro groups is 1. The summed E-state index contributed by atoms with van der Waals surface area (Å²) in [6, 6.07) is 12.0. The molecule has 0 unspecified atom stereocenters. The van der Waals surface area contributed by atoms with E-state index in [0.717, 1.165) is 11.3 Å². The summed E-state index contributed by atoms with van der Waals surface area (Å²) in [6.45, 7) is 0.582. The average Bonchev–Trinajstić information content (AvgIpc) is 2.52. The molecule has 1 N–H and O–H groups in total. The number of nitro benzene ring substituents is 1. The second kappa shape index (κ2) is 6.60. The van der Waals surface area contributed by atoms with Crippen molar-refractivity contribution in [2.24, 2.45) is 0 Å². The second-order valence-corrected chi connectivity index (χ2v) is 4.35. The normalized spacial score (nSPS) is 10.0. The molecule has 0 aliphatic heterocycles. The molecule has 0 aliphatic rings. The van der Waals surface area contributed by atoms with Gasteiger partial charge in [0, 0.05) is 24.4 Å². The molecule has 0 aliphatic carbocycles. The average molecular weight is 288 g/mol. The quantitative estimate of drug-likeness (QED) is 0.652. The van der Waals surface area contributed by atoms with E-state index in [9.17, 15) is 10.1 Å². The van der Waals surface area contributed by atoms with Crippen LogP contribution in [-0.2, 0) is 6.54 Å². The molecule has 0 radical (unpaired) electrons. The van der Waals surface area contributed by atoms with Gasteiger partial charge in [0.1, 0.15) is 0 Å². The molecule has 0 aromatic heterocycles. The van der Waals surface area contributed by atoms with E-state index in [2.05, 4.69) is 5.32 Å². The molecule has 2 rings (SSSR count). The number of anilines is 1. The summed E-state index contributed by atoms with van der Waals surface area (Å²) in [5.41, 5.74) is 1.91. The maximum Gasteiger partial charge on any atom is 0.269 e. The SMILES string of the molecule is COc1ccc(CNc2ccc([N+](=O)[O-])cc2)cc1OC. The Hall–Kier alpha value is -2.76. The van der Waals surface area contributed by atoms with E-state index in [-0.39, 0.29) is 5.69 Å². The second-order valence-electron chi connectivity index (χ2n) is 4.35. The van der Waals surface area contributed by atoms with E-state index in [1.165, 1.54) is 12.1 Å². The highest BCUT2D eigenvalue weighted by Gasteiger charge is 2.06. The number of rotatable bonds is 6. The Balaban J connectivity index is 2.04. The van der Waals surface area contributed by atoms with Gasteiger partial charge in [-0.05, 0) is 29.8 Å². The van der Waals surface area contributed by atoms with Crippen molar-refractivity contribution in [3.05, 3.63) is 58.1 Å². The van der Waals surface area contributed by atoms with E-state index in [0.29, 0.717) is 18.0 Å². The van der Waals surface area contributed by atoms with Crippen LogP contribution >= 0.6 is 0 Å². The van der Waals surface area contributed by atoms with Crippen molar-refractivity contribution in [1.29, 1.82) is 0 Å². The maximum absolute atomic E-state index is 10.6. The lowest BCUT2D eigenvalue weighted by atomic mass is 10.2. The van der Waals surface area contributed by atoms with Crippen molar-refractivity contribution in [1.82, 2.24) is 0 Å². The summed E-state index contributed by atoms with van der Waals surface area (Å²) in [4.78, 5) is 10.2. The van der Waals surface area contributed by atoms with Crippen LogP contribution in [0.2, 0.25) is 0 Å². The molecule has 0 saturated carbocycles. The van der Waals surface area contributed by atoms with Crippen LogP contribution in [-0.4, -0.2) is 19.1 Å². The first kappa shape index (κ1) is 14.6. The van der Waals surface area contributed by atoms with Gasteiger partial charge < -0.3 is 14.8 Å². The lowest BCUT2D eigenvalue weighted by molar-refractivity contribution is -0.384. The monoisotopic (exact) mass is 288 g/mol. The molecule has 0 fully saturated rings. The maximum atomic E-state index is 10.6. The molecule has 21 heavy (non-hydrogen) atoms. The number of hydrogen-bond donors (Lipinski definition) is 1. The van der Waals surface area contributed by atoms with E-state index < -0.39 is 4.92 Å². The van der Waals surface area contributed by atoms with Crippen LogP contribution in [0, 0.1) is 10.1 Å². The number of ether oxygens (including phenoxy) is 2. The molecule has 0 spiro atoms. The summed E-state index contributed by atoms with van der Waals surface area (Å²) in [5, 5.41) is 13.8. The first-order valence-corrected chi connectivity index (χ1v) is 6.33. The fraction of sp³-hybridized carbons (Fsp3) is 0.200. The largest absolute Gasteiger partial charge is 0.493 e. The molecular weight excluding hydrogens is 272 g/mol. The van der Waals surface area contributed by atoms with E-state index in [4.69, 9.17) is 9.47 Å².